The molecule has 0 aromatic heterocycles. The van der Waals surface area contributed by atoms with Gasteiger partial charge in [0, 0.05) is 18.5 Å². The highest BCUT2D eigenvalue weighted by Gasteiger charge is 2.48. The van der Waals surface area contributed by atoms with Gasteiger partial charge in [0.25, 0.3) is 11.8 Å². The number of fused-ring (bicyclic) bond motifs is 1. The number of ether oxygens (including phenoxy) is 1. The summed E-state index contributed by atoms with van der Waals surface area (Å²) >= 11 is 0. The second-order valence-electron chi connectivity index (χ2n) is 7.80. The molecule has 158 valence electrons. The number of hydrogen-bond acceptors (Lipinski definition) is 4. The van der Waals surface area contributed by atoms with E-state index < -0.39 is 35.7 Å². The average molecular weight is 417 g/mol. The van der Waals surface area contributed by atoms with Gasteiger partial charge < -0.3 is 15.0 Å². The SMILES string of the molecule is COc1ccc2c(c1)C(=O)N(C[C@@]1(C#C[C@H]3CCC(F)CC3F)NC(=O)NC1=O)C2. The van der Waals surface area contributed by atoms with Crippen molar-refractivity contribution in [3.63, 3.8) is 0 Å². The fraction of sp³-hybridized carbons (Fsp3) is 0.476. The van der Waals surface area contributed by atoms with E-state index in [1.54, 1.807) is 18.2 Å². The predicted molar refractivity (Wildman–Crippen MR) is 102 cm³/mol. The number of carbonyl (C=O) groups excluding carboxylic acids is 3. The van der Waals surface area contributed by atoms with E-state index in [1.807, 2.05) is 0 Å². The molecule has 1 saturated heterocycles. The summed E-state index contributed by atoms with van der Waals surface area (Å²) in [5.74, 6) is 4.23. The van der Waals surface area contributed by atoms with Crippen molar-refractivity contribution >= 4 is 17.8 Å². The summed E-state index contributed by atoms with van der Waals surface area (Å²) in [6.45, 7) is 0.0479. The number of nitrogens with zero attached hydrogens (tertiary/aromatic N) is 1. The van der Waals surface area contributed by atoms with Crippen LogP contribution in [0.4, 0.5) is 13.6 Å². The quantitative estimate of drug-likeness (QED) is 0.579. The van der Waals surface area contributed by atoms with Gasteiger partial charge in [0.2, 0.25) is 0 Å². The fourth-order valence-corrected chi connectivity index (χ4v) is 4.06. The molecular weight excluding hydrogens is 396 g/mol. The topological polar surface area (TPSA) is 87.7 Å². The van der Waals surface area contributed by atoms with Crippen molar-refractivity contribution in [2.45, 2.75) is 43.7 Å². The number of hydrogen-bond donors (Lipinski definition) is 2. The van der Waals surface area contributed by atoms with Gasteiger partial charge in [0.1, 0.15) is 18.1 Å². The molecule has 7 nitrogen and oxygen atoms in total. The Morgan fingerprint density at radius 3 is 2.73 bits per heavy atom. The van der Waals surface area contributed by atoms with Crippen LogP contribution in [-0.2, 0) is 11.3 Å². The zero-order valence-corrected chi connectivity index (χ0v) is 16.3. The lowest BCUT2D eigenvalue weighted by Crippen LogP contribution is -2.54. The maximum Gasteiger partial charge on any atom is 0.323 e. The number of urea groups is 1. The molecule has 2 N–H and O–H groups in total. The fourth-order valence-electron chi connectivity index (χ4n) is 4.06. The standard InChI is InChI=1S/C21H21F2N3O4/c1-30-15-5-3-13-10-26(18(27)16(13)9-15)11-21(19(28)24-20(29)25-21)7-6-12-2-4-14(22)8-17(12)23/h3,5,9,12,14,17H,2,4,8,10-11H2,1H3,(H2,24,25,28,29)/t12-,14?,17?,21-/m1/s1. The molecule has 2 aliphatic heterocycles. The smallest absolute Gasteiger partial charge is 0.323 e. The number of halogens is 2. The Balaban J connectivity index is 1.59. The Morgan fingerprint density at radius 2 is 2.07 bits per heavy atom. The minimum Gasteiger partial charge on any atom is -0.497 e. The molecule has 30 heavy (non-hydrogen) atoms. The number of amides is 4. The van der Waals surface area contributed by atoms with Gasteiger partial charge >= 0.3 is 6.03 Å². The number of imide groups is 1. The van der Waals surface area contributed by atoms with Crippen LogP contribution < -0.4 is 15.4 Å². The monoisotopic (exact) mass is 417 g/mol. The van der Waals surface area contributed by atoms with Crippen molar-refractivity contribution in [2.75, 3.05) is 13.7 Å². The van der Waals surface area contributed by atoms with Crippen LogP contribution in [0.3, 0.4) is 0 Å². The van der Waals surface area contributed by atoms with Crippen molar-refractivity contribution in [1.29, 1.82) is 0 Å². The Kier molecular flexibility index (Phi) is 5.10. The highest BCUT2D eigenvalue weighted by atomic mass is 19.1. The van der Waals surface area contributed by atoms with E-state index in [9.17, 15) is 23.2 Å². The summed E-state index contributed by atoms with van der Waals surface area (Å²) in [5, 5.41) is 4.63. The van der Waals surface area contributed by atoms with Gasteiger partial charge in [-0.3, -0.25) is 14.9 Å². The first kappa shape index (κ1) is 20.1. The van der Waals surface area contributed by atoms with Gasteiger partial charge in [-0.15, -0.1) is 0 Å². The summed E-state index contributed by atoms with van der Waals surface area (Å²) in [6, 6.07) is 4.38. The van der Waals surface area contributed by atoms with Crippen LogP contribution >= 0.6 is 0 Å². The lowest BCUT2D eigenvalue weighted by Gasteiger charge is -2.27. The molecule has 4 rings (SSSR count). The van der Waals surface area contributed by atoms with E-state index in [0.717, 1.165) is 5.56 Å². The molecule has 2 fully saturated rings. The van der Waals surface area contributed by atoms with Crippen molar-refractivity contribution in [3.05, 3.63) is 29.3 Å². The van der Waals surface area contributed by atoms with Crippen molar-refractivity contribution in [3.8, 4) is 17.6 Å². The third-order valence-corrected chi connectivity index (χ3v) is 5.74. The normalized spacial score (nSPS) is 30.3. The van der Waals surface area contributed by atoms with Crippen LogP contribution in [0, 0.1) is 17.8 Å². The molecule has 3 aliphatic rings. The first-order valence-electron chi connectivity index (χ1n) is 9.72. The zero-order chi connectivity index (χ0) is 21.5. The van der Waals surface area contributed by atoms with Crippen LogP contribution in [0.5, 0.6) is 5.75 Å². The number of alkyl halides is 2. The van der Waals surface area contributed by atoms with Gasteiger partial charge in [0.15, 0.2) is 5.54 Å². The van der Waals surface area contributed by atoms with Gasteiger partial charge in [-0.2, -0.15) is 0 Å². The van der Waals surface area contributed by atoms with Crippen LogP contribution in [0.15, 0.2) is 18.2 Å². The lowest BCUT2D eigenvalue weighted by molar-refractivity contribution is -0.122. The maximum atomic E-state index is 14.2. The van der Waals surface area contributed by atoms with Crippen LogP contribution in [0.1, 0.15) is 35.2 Å². The number of rotatable bonds is 3. The molecule has 1 aromatic carbocycles. The van der Waals surface area contributed by atoms with Gasteiger partial charge in [-0.1, -0.05) is 17.9 Å². The highest BCUT2D eigenvalue weighted by Crippen LogP contribution is 2.30. The Bertz CT molecular complexity index is 973. The molecule has 1 aliphatic carbocycles. The predicted octanol–water partition coefficient (Wildman–Crippen LogP) is 1.71. The Hall–Kier alpha value is -3.15. The van der Waals surface area contributed by atoms with Crippen molar-refractivity contribution < 1.29 is 27.9 Å². The molecule has 1 aromatic rings. The largest absolute Gasteiger partial charge is 0.497 e. The van der Waals surface area contributed by atoms with E-state index in [2.05, 4.69) is 22.5 Å². The summed E-state index contributed by atoms with van der Waals surface area (Å²) in [5.41, 5.74) is -0.475. The molecule has 9 heteroatoms. The van der Waals surface area contributed by atoms with Crippen LogP contribution in [0.2, 0.25) is 0 Å². The first-order valence-corrected chi connectivity index (χ1v) is 9.72. The Morgan fingerprint density at radius 1 is 1.27 bits per heavy atom. The maximum absolute atomic E-state index is 14.2. The van der Waals surface area contributed by atoms with Crippen LogP contribution in [-0.4, -0.2) is 54.3 Å². The molecule has 2 unspecified atom stereocenters. The molecular formula is C21H21F2N3O4. The lowest BCUT2D eigenvalue weighted by atomic mass is 9.86. The number of methoxy groups -OCH3 is 1. The molecule has 4 amide bonds. The molecule has 0 bridgehead atoms. The molecule has 1 saturated carbocycles. The van der Waals surface area contributed by atoms with E-state index in [-0.39, 0.29) is 38.3 Å². The average Bonchev–Trinajstić information content (AvgIpc) is 3.16. The van der Waals surface area contributed by atoms with E-state index in [4.69, 9.17) is 4.74 Å². The molecule has 2 heterocycles. The van der Waals surface area contributed by atoms with E-state index >= 15 is 0 Å². The minimum atomic E-state index is -1.69. The Labute approximate surface area is 172 Å². The second kappa shape index (κ2) is 7.59. The highest BCUT2D eigenvalue weighted by molar-refractivity contribution is 6.10. The summed E-state index contributed by atoms with van der Waals surface area (Å²) in [7, 11) is 1.50. The third kappa shape index (κ3) is 3.58. The molecule has 0 spiro atoms. The zero-order valence-electron chi connectivity index (χ0n) is 16.3. The van der Waals surface area contributed by atoms with Crippen molar-refractivity contribution in [1.82, 2.24) is 15.5 Å². The number of nitrogens with one attached hydrogen (secondary N) is 2. The number of benzene rings is 1. The molecule has 4 atom stereocenters. The second-order valence-corrected chi connectivity index (χ2v) is 7.80. The summed E-state index contributed by atoms with van der Waals surface area (Å²) < 4.78 is 32.7. The van der Waals surface area contributed by atoms with Crippen molar-refractivity contribution in [2.24, 2.45) is 5.92 Å². The third-order valence-electron chi connectivity index (χ3n) is 5.74. The van der Waals surface area contributed by atoms with Gasteiger partial charge in [0.05, 0.1) is 19.6 Å². The van der Waals surface area contributed by atoms with E-state index in [0.29, 0.717) is 11.3 Å². The molecule has 0 radical (unpaired) electrons. The van der Waals surface area contributed by atoms with Gasteiger partial charge in [-0.05, 0) is 30.5 Å². The van der Waals surface area contributed by atoms with Crippen LogP contribution in [0.25, 0.3) is 0 Å². The van der Waals surface area contributed by atoms with Gasteiger partial charge in [-0.25, -0.2) is 13.6 Å². The summed E-state index contributed by atoms with van der Waals surface area (Å²) in [4.78, 5) is 38.7. The minimum absolute atomic E-state index is 0.192. The van der Waals surface area contributed by atoms with E-state index in [1.165, 1.54) is 12.0 Å². The summed E-state index contributed by atoms with van der Waals surface area (Å²) in [6.07, 6.45) is -2.43. The number of carbonyl (C=O) groups is 3. The first-order chi connectivity index (χ1) is 14.3.